The maximum atomic E-state index is 12.3. The molecule has 0 fully saturated rings. The molecule has 1 atom stereocenters. The van der Waals surface area contributed by atoms with Crippen LogP contribution in [0.15, 0.2) is 30.3 Å². The van der Waals surface area contributed by atoms with E-state index in [0.29, 0.717) is 0 Å². The number of alkyl carbamates (subject to hydrolysis) is 1. The largest absolute Gasteiger partial charge is 0.425 e. The Morgan fingerprint density at radius 3 is 2.36 bits per heavy atom. The number of amides is 1. The van der Waals surface area contributed by atoms with Crippen LogP contribution >= 0.6 is 0 Å². The van der Waals surface area contributed by atoms with Gasteiger partial charge in [-0.2, -0.15) is 8.42 Å². The van der Waals surface area contributed by atoms with Crippen LogP contribution in [0.5, 0.6) is 0 Å². The van der Waals surface area contributed by atoms with Crippen molar-refractivity contribution in [3.05, 3.63) is 35.9 Å². The second-order valence-corrected chi connectivity index (χ2v) is 7.51. The fourth-order valence-electron chi connectivity index (χ4n) is 1.93. The third-order valence-electron chi connectivity index (χ3n) is 3.40. The molecule has 0 saturated heterocycles. The molecule has 9 heteroatoms. The summed E-state index contributed by atoms with van der Waals surface area (Å²) >= 11 is 0. The Morgan fingerprint density at radius 2 is 1.80 bits per heavy atom. The van der Waals surface area contributed by atoms with Gasteiger partial charge in [-0.05, 0) is 25.8 Å². The van der Waals surface area contributed by atoms with Crippen LogP contribution in [0.4, 0.5) is 4.79 Å². The fraction of sp³-hybridized carbons (Fsp3) is 0.500. The molecule has 0 saturated carbocycles. The summed E-state index contributed by atoms with van der Waals surface area (Å²) in [5.74, 6) is -1.02. The van der Waals surface area contributed by atoms with Crippen molar-refractivity contribution >= 4 is 22.2 Å². The number of hydrogen-bond donors (Lipinski definition) is 2. The molecule has 0 aliphatic rings. The molecule has 8 nitrogen and oxygen atoms in total. The number of nitrogens with one attached hydrogen (secondary N) is 1. The number of ether oxygens (including phenoxy) is 2. The average Bonchev–Trinajstić information content (AvgIpc) is 2.51. The Hall–Kier alpha value is -2.13. The Balaban J connectivity index is 2.44. The monoisotopic (exact) mass is 373 g/mol. The van der Waals surface area contributed by atoms with E-state index in [9.17, 15) is 18.0 Å². The first-order valence-corrected chi connectivity index (χ1v) is 9.29. The highest BCUT2D eigenvalue weighted by molar-refractivity contribution is 7.85. The van der Waals surface area contributed by atoms with Crippen molar-refractivity contribution in [2.24, 2.45) is 0 Å². The van der Waals surface area contributed by atoms with Crippen molar-refractivity contribution < 1.29 is 32.0 Å². The zero-order chi connectivity index (χ0) is 19.1. The molecule has 0 aliphatic carbocycles. The predicted molar refractivity (Wildman–Crippen MR) is 90.5 cm³/mol. The fourth-order valence-corrected chi connectivity index (χ4v) is 2.44. The third kappa shape index (κ3) is 7.53. The lowest BCUT2D eigenvalue weighted by atomic mass is 9.85. The summed E-state index contributed by atoms with van der Waals surface area (Å²) < 4.78 is 39.7. The highest BCUT2D eigenvalue weighted by Crippen LogP contribution is 2.25. The minimum atomic E-state index is -4.07. The quantitative estimate of drug-likeness (QED) is 0.309. The number of esters is 1. The van der Waals surface area contributed by atoms with Gasteiger partial charge in [-0.15, -0.1) is 0 Å². The molecule has 0 aromatic heterocycles. The predicted octanol–water partition coefficient (Wildman–Crippen LogP) is 1.86. The minimum absolute atomic E-state index is 0.00516. The van der Waals surface area contributed by atoms with Gasteiger partial charge in [-0.1, -0.05) is 30.3 Å². The molecule has 25 heavy (non-hydrogen) atoms. The lowest BCUT2D eigenvalue weighted by molar-refractivity contribution is -0.170. The molecule has 1 amide bonds. The van der Waals surface area contributed by atoms with Crippen molar-refractivity contribution in [3.8, 4) is 0 Å². The molecule has 1 aromatic rings. The van der Waals surface area contributed by atoms with E-state index in [-0.39, 0.29) is 13.0 Å². The van der Waals surface area contributed by atoms with E-state index in [1.165, 1.54) is 6.92 Å². The number of benzene rings is 1. The van der Waals surface area contributed by atoms with Crippen LogP contribution in [0, 0.1) is 0 Å². The van der Waals surface area contributed by atoms with Gasteiger partial charge < -0.3 is 14.8 Å². The minimum Gasteiger partial charge on any atom is -0.425 e. The van der Waals surface area contributed by atoms with E-state index >= 15 is 0 Å². The zero-order valence-electron chi connectivity index (χ0n) is 14.4. The van der Waals surface area contributed by atoms with Crippen molar-refractivity contribution in [3.63, 3.8) is 0 Å². The molecule has 0 spiro atoms. The molecule has 0 aliphatic heterocycles. The lowest BCUT2D eigenvalue weighted by Crippen LogP contribution is -2.36. The topological polar surface area (TPSA) is 119 Å². The van der Waals surface area contributed by atoms with Crippen LogP contribution < -0.4 is 5.32 Å². The molecule has 0 radical (unpaired) electrons. The smallest absolute Gasteiger partial charge is 0.410 e. The number of rotatable bonds is 8. The molecule has 1 rings (SSSR count). The Kier molecular flexibility index (Phi) is 7.38. The third-order valence-corrected chi connectivity index (χ3v) is 4.20. The van der Waals surface area contributed by atoms with Crippen LogP contribution in [0.3, 0.4) is 0 Å². The van der Waals surface area contributed by atoms with Gasteiger partial charge in [0.1, 0.15) is 0 Å². The van der Waals surface area contributed by atoms with Crippen molar-refractivity contribution in [2.45, 2.75) is 38.9 Å². The highest BCUT2D eigenvalue weighted by Gasteiger charge is 2.33. The van der Waals surface area contributed by atoms with Gasteiger partial charge in [0.25, 0.3) is 10.1 Å². The molecular formula is C16H23NO7S. The molecule has 0 bridgehead atoms. The molecule has 1 unspecified atom stereocenters. The van der Waals surface area contributed by atoms with Gasteiger partial charge >= 0.3 is 12.1 Å². The SMILES string of the molecule is CC(OC(=O)NCCCS(=O)(=O)O)OC(=O)C(C)(C)c1ccccc1. The first kappa shape index (κ1) is 20.9. The molecule has 140 valence electrons. The summed E-state index contributed by atoms with van der Waals surface area (Å²) in [5.41, 5.74) is -0.146. The van der Waals surface area contributed by atoms with Crippen LogP contribution in [-0.4, -0.2) is 43.6 Å². The number of hydrogen-bond acceptors (Lipinski definition) is 6. The van der Waals surface area contributed by atoms with E-state index < -0.39 is 39.6 Å². The highest BCUT2D eigenvalue weighted by atomic mass is 32.2. The van der Waals surface area contributed by atoms with Gasteiger partial charge in [-0.3, -0.25) is 9.35 Å². The maximum Gasteiger partial charge on any atom is 0.410 e. The standard InChI is InChI=1S/C16H23NO7S/c1-12(24-15(19)17-10-7-11-25(20,21)22)23-14(18)16(2,3)13-8-5-4-6-9-13/h4-6,8-9,12H,7,10-11H2,1-3H3,(H,17,19)(H,20,21,22). The molecule has 2 N–H and O–H groups in total. The Labute approximate surface area is 147 Å². The second kappa shape index (κ2) is 8.82. The van der Waals surface area contributed by atoms with E-state index in [1.807, 2.05) is 18.2 Å². The van der Waals surface area contributed by atoms with Gasteiger partial charge in [0, 0.05) is 13.5 Å². The van der Waals surface area contributed by atoms with E-state index in [2.05, 4.69) is 5.32 Å². The van der Waals surface area contributed by atoms with Crippen molar-refractivity contribution in [1.29, 1.82) is 0 Å². The van der Waals surface area contributed by atoms with Gasteiger partial charge in [0.2, 0.25) is 6.29 Å². The Bertz CT molecular complexity index is 686. The van der Waals surface area contributed by atoms with E-state index in [0.717, 1.165) is 5.56 Å². The molecular weight excluding hydrogens is 350 g/mol. The normalized spacial score (nSPS) is 13.0. The van der Waals surface area contributed by atoms with Crippen molar-refractivity contribution in [1.82, 2.24) is 5.32 Å². The van der Waals surface area contributed by atoms with Crippen molar-refractivity contribution in [2.75, 3.05) is 12.3 Å². The maximum absolute atomic E-state index is 12.3. The van der Waals surface area contributed by atoms with Crippen LogP contribution in [0.2, 0.25) is 0 Å². The first-order valence-electron chi connectivity index (χ1n) is 7.68. The summed E-state index contributed by atoms with van der Waals surface area (Å²) in [6.45, 7) is 4.80. The van der Waals surface area contributed by atoms with E-state index in [1.54, 1.807) is 26.0 Å². The van der Waals surface area contributed by atoms with Crippen LogP contribution in [0.1, 0.15) is 32.8 Å². The lowest BCUT2D eigenvalue weighted by Gasteiger charge is -2.25. The number of carbonyl (C=O) groups excluding carboxylic acids is 2. The van der Waals surface area contributed by atoms with Gasteiger partial charge in [0.15, 0.2) is 0 Å². The summed E-state index contributed by atoms with van der Waals surface area (Å²) in [6.07, 6.45) is -1.94. The number of carbonyl (C=O) groups is 2. The second-order valence-electron chi connectivity index (χ2n) is 5.94. The van der Waals surface area contributed by atoms with Crippen LogP contribution in [-0.2, 0) is 29.8 Å². The first-order chi connectivity index (χ1) is 11.5. The molecule has 1 aromatic carbocycles. The van der Waals surface area contributed by atoms with Gasteiger partial charge in [-0.25, -0.2) is 4.79 Å². The summed E-state index contributed by atoms with van der Waals surface area (Å²) in [4.78, 5) is 23.8. The summed E-state index contributed by atoms with van der Waals surface area (Å²) in [7, 11) is -4.07. The summed E-state index contributed by atoms with van der Waals surface area (Å²) in [6, 6.07) is 9.06. The Morgan fingerprint density at radius 1 is 1.20 bits per heavy atom. The summed E-state index contributed by atoms with van der Waals surface area (Å²) in [5, 5.41) is 2.30. The average molecular weight is 373 g/mol. The van der Waals surface area contributed by atoms with E-state index in [4.69, 9.17) is 14.0 Å². The zero-order valence-corrected chi connectivity index (χ0v) is 15.2. The van der Waals surface area contributed by atoms with Crippen LogP contribution in [0.25, 0.3) is 0 Å². The molecule has 0 heterocycles. The van der Waals surface area contributed by atoms with Gasteiger partial charge in [0.05, 0.1) is 11.2 Å².